The molecule has 2 heterocycles. The Labute approximate surface area is 172 Å². The predicted molar refractivity (Wildman–Crippen MR) is 119 cm³/mol. The molecule has 4 nitrogen and oxygen atoms in total. The van der Waals surface area contributed by atoms with E-state index < -0.39 is 0 Å². The van der Waals surface area contributed by atoms with Crippen LogP contribution in [0.5, 0.6) is 11.5 Å². The fourth-order valence-corrected chi connectivity index (χ4v) is 4.38. The first-order valence-electron chi connectivity index (χ1n) is 10.6. The summed E-state index contributed by atoms with van der Waals surface area (Å²) in [5, 5.41) is 3.43. The maximum absolute atomic E-state index is 6.39. The highest BCUT2D eigenvalue weighted by Gasteiger charge is 2.25. The molecule has 2 aromatic carbocycles. The molecule has 0 amide bonds. The molecule has 29 heavy (non-hydrogen) atoms. The molecule has 0 radical (unpaired) electrons. The second kappa shape index (κ2) is 7.60. The fourth-order valence-electron chi connectivity index (χ4n) is 4.38. The lowest BCUT2D eigenvalue weighted by Crippen LogP contribution is -2.43. The summed E-state index contributed by atoms with van der Waals surface area (Å²) in [5.41, 5.74) is 7.66. The number of anilines is 1. The zero-order valence-electron chi connectivity index (χ0n) is 17.3. The monoisotopic (exact) mass is 388 g/mol. The number of nitrogens with zero attached hydrogens (tertiary/aromatic N) is 1. The van der Waals surface area contributed by atoms with Crippen LogP contribution in [0.15, 0.2) is 48.0 Å². The molecule has 3 aliphatic rings. The summed E-state index contributed by atoms with van der Waals surface area (Å²) in [4.78, 5) is 2.46. The molecular formula is C25H28N2O2. The molecule has 0 bridgehead atoms. The SMILES string of the molecule is COc1ccc(C2=CC(=C3CCC3)c3cc(N4CCNCC4)ccc3O2)cc1C. The number of hydrogen-bond donors (Lipinski definition) is 1. The van der Waals surface area contributed by atoms with Gasteiger partial charge in [0.05, 0.1) is 7.11 Å². The third-order valence-electron chi connectivity index (χ3n) is 6.25. The second-order valence-corrected chi connectivity index (χ2v) is 8.08. The Morgan fingerprint density at radius 2 is 1.86 bits per heavy atom. The third-order valence-corrected chi connectivity index (χ3v) is 6.25. The Kier molecular flexibility index (Phi) is 4.80. The van der Waals surface area contributed by atoms with Gasteiger partial charge in [-0.25, -0.2) is 0 Å². The zero-order valence-corrected chi connectivity index (χ0v) is 17.3. The zero-order chi connectivity index (χ0) is 19.8. The average molecular weight is 389 g/mol. The Hall–Kier alpha value is -2.72. The van der Waals surface area contributed by atoms with E-state index in [4.69, 9.17) is 9.47 Å². The van der Waals surface area contributed by atoms with Crippen molar-refractivity contribution in [2.45, 2.75) is 26.2 Å². The van der Waals surface area contributed by atoms with E-state index in [0.29, 0.717) is 0 Å². The van der Waals surface area contributed by atoms with Crippen LogP contribution in [-0.4, -0.2) is 33.3 Å². The van der Waals surface area contributed by atoms with Crippen molar-refractivity contribution in [3.05, 3.63) is 64.7 Å². The number of ether oxygens (including phenoxy) is 2. The third kappa shape index (κ3) is 3.42. The quantitative estimate of drug-likeness (QED) is 0.820. The summed E-state index contributed by atoms with van der Waals surface area (Å²) in [6.45, 7) is 6.27. The summed E-state index contributed by atoms with van der Waals surface area (Å²) in [6.07, 6.45) is 5.92. The van der Waals surface area contributed by atoms with E-state index in [1.165, 1.54) is 36.1 Å². The van der Waals surface area contributed by atoms with Crippen molar-refractivity contribution >= 4 is 17.0 Å². The van der Waals surface area contributed by atoms with Gasteiger partial charge in [-0.05, 0) is 79.8 Å². The Balaban J connectivity index is 1.54. The standard InChI is InChI=1S/C25H28N2O2/c1-17-14-19(6-8-23(17)28-2)25-16-21(18-4-3-5-18)22-15-20(7-9-24(22)29-25)27-12-10-26-11-13-27/h6-9,14-16,26H,3-5,10-13H2,1-2H3. The smallest absolute Gasteiger partial charge is 0.135 e. The number of hydrogen-bond acceptors (Lipinski definition) is 4. The van der Waals surface area contributed by atoms with Crippen LogP contribution >= 0.6 is 0 Å². The van der Waals surface area contributed by atoms with Gasteiger partial charge in [0.25, 0.3) is 0 Å². The number of allylic oxidation sites excluding steroid dienone is 3. The van der Waals surface area contributed by atoms with Crippen molar-refractivity contribution in [2.24, 2.45) is 0 Å². The first-order valence-corrected chi connectivity index (χ1v) is 10.6. The molecule has 150 valence electrons. The summed E-state index contributed by atoms with van der Waals surface area (Å²) in [7, 11) is 1.71. The van der Waals surface area contributed by atoms with Crippen molar-refractivity contribution in [2.75, 3.05) is 38.2 Å². The lowest BCUT2D eigenvalue weighted by Gasteiger charge is -2.32. The van der Waals surface area contributed by atoms with Gasteiger partial charge in [-0.3, -0.25) is 0 Å². The number of fused-ring (bicyclic) bond motifs is 1. The van der Waals surface area contributed by atoms with Crippen LogP contribution < -0.4 is 19.7 Å². The van der Waals surface area contributed by atoms with Crippen molar-refractivity contribution in [3.8, 4) is 11.5 Å². The first-order chi connectivity index (χ1) is 14.2. The average Bonchev–Trinajstić information content (AvgIpc) is 2.72. The van der Waals surface area contributed by atoms with Crippen LogP contribution in [0.3, 0.4) is 0 Å². The van der Waals surface area contributed by atoms with Crippen LogP contribution in [0.25, 0.3) is 11.3 Å². The number of rotatable bonds is 3. The van der Waals surface area contributed by atoms with Crippen LogP contribution in [-0.2, 0) is 0 Å². The number of nitrogens with one attached hydrogen (secondary N) is 1. The molecule has 5 rings (SSSR count). The summed E-state index contributed by atoms with van der Waals surface area (Å²) in [5.74, 6) is 2.79. The first kappa shape index (κ1) is 18.3. The minimum atomic E-state index is 0.906. The van der Waals surface area contributed by atoms with E-state index in [1.54, 1.807) is 12.7 Å². The van der Waals surface area contributed by atoms with Gasteiger partial charge in [0.1, 0.15) is 17.3 Å². The topological polar surface area (TPSA) is 33.7 Å². The largest absolute Gasteiger partial charge is 0.496 e. The second-order valence-electron chi connectivity index (χ2n) is 8.08. The van der Waals surface area contributed by atoms with Gasteiger partial charge in [-0.15, -0.1) is 0 Å². The number of methoxy groups -OCH3 is 1. The van der Waals surface area contributed by atoms with Gasteiger partial charge in [0, 0.05) is 43.0 Å². The Bertz CT molecular complexity index is 994. The van der Waals surface area contributed by atoms with Crippen LogP contribution in [0, 0.1) is 6.92 Å². The molecule has 2 aromatic rings. The van der Waals surface area contributed by atoms with Crippen molar-refractivity contribution in [1.29, 1.82) is 0 Å². The summed E-state index contributed by atoms with van der Waals surface area (Å²) in [6, 6.07) is 12.9. The van der Waals surface area contributed by atoms with Crippen molar-refractivity contribution in [3.63, 3.8) is 0 Å². The minimum Gasteiger partial charge on any atom is -0.496 e. The lowest BCUT2D eigenvalue weighted by molar-refractivity contribution is 0.411. The maximum Gasteiger partial charge on any atom is 0.135 e. The molecule has 0 aromatic heterocycles. The minimum absolute atomic E-state index is 0.906. The Morgan fingerprint density at radius 1 is 1.03 bits per heavy atom. The normalized spacial score (nSPS) is 18.6. The van der Waals surface area contributed by atoms with Crippen molar-refractivity contribution in [1.82, 2.24) is 5.32 Å². The molecule has 0 spiro atoms. The van der Waals surface area contributed by atoms with Gasteiger partial charge < -0.3 is 19.7 Å². The van der Waals surface area contributed by atoms with Gasteiger partial charge in [0.2, 0.25) is 0 Å². The van der Waals surface area contributed by atoms with Gasteiger partial charge >= 0.3 is 0 Å². The fraction of sp³-hybridized carbons (Fsp3) is 0.360. The number of benzene rings is 2. The van der Waals surface area contributed by atoms with Gasteiger partial charge in [-0.1, -0.05) is 5.57 Å². The number of piperazine rings is 1. The van der Waals surface area contributed by atoms with Crippen LogP contribution in [0.2, 0.25) is 0 Å². The highest BCUT2D eigenvalue weighted by molar-refractivity contribution is 5.91. The number of aryl methyl sites for hydroxylation is 1. The summed E-state index contributed by atoms with van der Waals surface area (Å²) < 4.78 is 11.8. The molecular weight excluding hydrogens is 360 g/mol. The molecule has 1 aliphatic carbocycles. The van der Waals surface area contributed by atoms with Crippen LogP contribution in [0.4, 0.5) is 5.69 Å². The molecule has 2 fully saturated rings. The summed E-state index contributed by atoms with van der Waals surface area (Å²) >= 11 is 0. The van der Waals surface area contributed by atoms with E-state index in [9.17, 15) is 0 Å². The molecule has 1 saturated heterocycles. The van der Waals surface area contributed by atoms with E-state index in [-0.39, 0.29) is 0 Å². The predicted octanol–water partition coefficient (Wildman–Crippen LogP) is 4.78. The maximum atomic E-state index is 6.39. The molecule has 4 heteroatoms. The lowest BCUT2D eigenvalue weighted by atomic mass is 9.83. The van der Waals surface area contributed by atoms with E-state index in [2.05, 4.69) is 53.5 Å². The molecule has 1 saturated carbocycles. The Morgan fingerprint density at radius 3 is 2.55 bits per heavy atom. The van der Waals surface area contributed by atoms with E-state index in [0.717, 1.165) is 54.6 Å². The molecule has 2 aliphatic heterocycles. The highest BCUT2D eigenvalue weighted by Crippen LogP contribution is 2.44. The highest BCUT2D eigenvalue weighted by atomic mass is 16.5. The molecule has 0 unspecified atom stereocenters. The van der Waals surface area contributed by atoms with Crippen LogP contribution in [0.1, 0.15) is 36.0 Å². The van der Waals surface area contributed by atoms with E-state index in [1.807, 2.05) is 6.07 Å². The van der Waals surface area contributed by atoms with Crippen molar-refractivity contribution < 1.29 is 9.47 Å². The van der Waals surface area contributed by atoms with Gasteiger partial charge in [-0.2, -0.15) is 0 Å². The van der Waals surface area contributed by atoms with E-state index >= 15 is 0 Å². The molecule has 1 N–H and O–H groups in total. The molecule has 0 atom stereocenters. The van der Waals surface area contributed by atoms with Gasteiger partial charge in [0.15, 0.2) is 0 Å².